The topological polar surface area (TPSA) is 153 Å². The highest BCUT2D eigenvalue weighted by atomic mass is 16.7. The van der Waals surface area contributed by atoms with Gasteiger partial charge in [0.25, 0.3) is 5.91 Å². The molecule has 15 nitrogen and oxygen atoms in total. The van der Waals surface area contributed by atoms with E-state index in [1.54, 1.807) is 6.92 Å². The van der Waals surface area contributed by atoms with Gasteiger partial charge in [-0.05, 0) is 38.9 Å². The number of hydrogen-bond acceptors (Lipinski definition) is 13. The summed E-state index contributed by atoms with van der Waals surface area (Å²) in [4.78, 5) is 41.3. The number of piperidine rings is 1. The van der Waals surface area contributed by atoms with Crippen LogP contribution in [0.4, 0.5) is 0 Å². The normalized spacial score (nSPS) is 15.4. The van der Waals surface area contributed by atoms with Gasteiger partial charge in [0, 0.05) is 19.4 Å². The molecule has 2 saturated heterocycles. The molecule has 0 aliphatic carbocycles. The number of carbonyl (C=O) groups excluding carboxylic acids is 3. The molecule has 55 heavy (non-hydrogen) atoms. The highest BCUT2D eigenvalue weighted by Crippen LogP contribution is 2.14. The van der Waals surface area contributed by atoms with Crippen molar-refractivity contribution in [2.24, 2.45) is 11.8 Å². The second-order valence-corrected chi connectivity index (χ2v) is 12.3. The van der Waals surface area contributed by atoms with Gasteiger partial charge in [-0.15, -0.1) is 0 Å². The molecule has 2 amide bonds. The summed E-state index contributed by atoms with van der Waals surface area (Å²) < 4.78 is 43.0. The molecule has 0 aromatic rings. The summed E-state index contributed by atoms with van der Waals surface area (Å²) in [5.41, 5.74) is 0. The van der Waals surface area contributed by atoms with Crippen LogP contribution in [0.2, 0.25) is 0 Å². The third-order valence-electron chi connectivity index (χ3n) is 7.25. The number of hydrogen-bond donors (Lipinski definition) is 1. The van der Waals surface area contributed by atoms with Crippen molar-refractivity contribution in [3.8, 4) is 0 Å². The maximum Gasteiger partial charge on any atom is 0.251 e. The molecule has 2 aliphatic heterocycles. The molecule has 15 heteroatoms. The minimum Gasteiger partial charge on any atom is -0.379 e. The Kier molecular flexibility index (Phi) is 50.6. The van der Waals surface area contributed by atoms with Gasteiger partial charge in [-0.3, -0.25) is 14.4 Å². The molecule has 1 atom stereocenters. The van der Waals surface area contributed by atoms with E-state index in [4.69, 9.17) is 42.7 Å². The third kappa shape index (κ3) is 43.2. The molecule has 0 spiro atoms. The van der Waals surface area contributed by atoms with Crippen LogP contribution >= 0.6 is 0 Å². The van der Waals surface area contributed by atoms with Crippen LogP contribution in [0, 0.1) is 11.8 Å². The predicted molar refractivity (Wildman–Crippen MR) is 216 cm³/mol. The number of carbonyl (C=O) groups is 3. The number of nitrogens with one attached hydrogen (secondary N) is 1. The largest absolute Gasteiger partial charge is 0.379 e. The van der Waals surface area contributed by atoms with Crippen molar-refractivity contribution in [2.45, 2.75) is 87.5 Å². The fourth-order valence-corrected chi connectivity index (χ4v) is 4.22. The first-order valence-electron chi connectivity index (χ1n) is 20.8. The quantitative estimate of drug-likeness (QED) is 0.0806. The van der Waals surface area contributed by atoms with E-state index < -0.39 is 0 Å². The summed E-state index contributed by atoms with van der Waals surface area (Å²) in [6, 6.07) is 0. The van der Waals surface area contributed by atoms with E-state index in [2.05, 4.69) is 38.0 Å². The first-order chi connectivity index (χ1) is 26.8. The molecular weight excluding hydrogens is 714 g/mol. The summed E-state index contributed by atoms with van der Waals surface area (Å²) in [6.45, 7) is 27.4. The van der Waals surface area contributed by atoms with Gasteiger partial charge in [0.15, 0.2) is 0 Å². The van der Waals surface area contributed by atoms with E-state index in [0.29, 0.717) is 125 Å². The first-order valence-corrected chi connectivity index (χ1v) is 20.8. The molecule has 1 unspecified atom stereocenters. The van der Waals surface area contributed by atoms with Crippen LogP contribution in [0.5, 0.6) is 0 Å². The Bertz CT molecular complexity index is 782. The van der Waals surface area contributed by atoms with Crippen molar-refractivity contribution in [1.82, 2.24) is 15.3 Å². The number of likely N-dealkylation sites (tertiary alicyclic amines) is 1. The lowest BCUT2D eigenvalue weighted by Gasteiger charge is -2.26. The third-order valence-corrected chi connectivity index (χ3v) is 7.25. The van der Waals surface area contributed by atoms with Crippen LogP contribution in [0.25, 0.3) is 0 Å². The lowest BCUT2D eigenvalue weighted by Crippen LogP contribution is -2.33. The lowest BCUT2D eigenvalue weighted by molar-refractivity contribution is -0.162. The smallest absolute Gasteiger partial charge is 0.251 e. The summed E-state index contributed by atoms with van der Waals surface area (Å²) in [5, 5.41) is 4.00. The number of hydroxylamine groups is 2. The molecule has 0 aromatic carbocycles. The zero-order valence-corrected chi connectivity index (χ0v) is 36.4. The Morgan fingerprint density at radius 2 is 1.05 bits per heavy atom. The van der Waals surface area contributed by atoms with Gasteiger partial charge < -0.3 is 52.9 Å². The zero-order chi connectivity index (χ0) is 41.6. The van der Waals surface area contributed by atoms with Gasteiger partial charge in [-0.1, -0.05) is 61.8 Å². The summed E-state index contributed by atoms with van der Waals surface area (Å²) >= 11 is 0. The van der Waals surface area contributed by atoms with E-state index in [-0.39, 0.29) is 30.7 Å². The minimum atomic E-state index is -0.153. The molecule has 2 rings (SSSR count). The Hall–Kier alpha value is -1.79. The van der Waals surface area contributed by atoms with Crippen LogP contribution in [-0.4, -0.2) is 174 Å². The highest BCUT2D eigenvalue weighted by Gasteiger charge is 2.29. The summed E-state index contributed by atoms with van der Waals surface area (Å²) in [6.07, 6.45) is 5.48. The summed E-state index contributed by atoms with van der Waals surface area (Å²) in [5.74, 6) is 0.594. The molecule has 0 radical (unpaired) electrons. The molecule has 2 fully saturated rings. The molecule has 2 aliphatic rings. The standard InChI is InChI=1S/C26H48N2O12.C7H15N.C3H8.2C2H6/c1-24-23-40-28(26(24)31)5-3-25(30)27-4-8-33-10-12-35-14-16-37-18-20-39-22-21-38-19-17-36-15-13-34-11-9-32-7-2-6-29;1-7-3-5-8(2)6-4-7;1-3-2;2*1-2/h6,24H,2-5,7-23H2,1H3,(H,27,30);7H,3-6H2,1-2H3;3H2,1-2H3;2*1-2H3. The van der Waals surface area contributed by atoms with E-state index in [1.807, 2.05) is 27.7 Å². The van der Waals surface area contributed by atoms with Gasteiger partial charge in [-0.2, -0.15) is 0 Å². The lowest BCUT2D eigenvalue weighted by atomic mass is 10.00. The van der Waals surface area contributed by atoms with Gasteiger partial charge >= 0.3 is 0 Å². The second kappa shape index (κ2) is 48.4. The number of nitrogens with zero attached hydrogens (tertiary/aromatic N) is 2. The van der Waals surface area contributed by atoms with Gasteiger partial charge in [0.1, 0.15) is 6.29 Å². The fraction of sp³-hybridized carbons (Fsp3) is 0.925. The van der Waals surface area contributed by atoms with Crippen molar-refractivity contribution in [3.05, 3.63) is 0 Å². The molecule has 0 saturated carbocycles. The van der Waals surface area contributed by atoms with Crippen molar-refractivity contribution in [1.29, 1.82) is 0 Å². The Morgan fingerprint density at radius 3 is 1.38 bits per heavy atom. The number of ether oxygens (including phenoxy) is 8. The summed E-state index contributed by atoms with van der Waals surface area (Å²) in [7, 11) is 2.20. The Balaban J connectivity index is -0.00000151. The van der Waals surface area contributed by atoms with Crippen LogP contribution in [0.3, 0.4) is 0 Å². The number of aldehydes is 1. The SMILES string of the molecule is CC.CC.CC1CCN(C)CC1.CC1CON(CCC(=O)NCCOCCOCCOCCOCCOCCOCCOCCOCCC=O)C1=O.CCC. The van der Waals surface area contributed by atoms with E-state index in [0.717, 1.165) is 12.2 Å². The van der Waals surface area contributed by atoms with Gasteiger partial charge in [0.05, 0.1) is 125 Å². The van der Waals surface area contributed by atoms with Crippen molar-refractivity contribution in [2.75, 3.05) is 146 Å². The number of amides is 2. The van der Waals surface area contributed by atoms with Gasteiger partial charge in [0.2, 0.25) is 5.91 Å². The zero-order valence-electron chi connectivity index (χ0n) is 36.4. The van der Waals surface area contributed by atoms with E-state index in [1.165, 1.54) is 37.4 Å². The Labute approximate surface area is 335 Å². The molecule has 1 N–H and O–H groups in total. The monoisotopic (exact) mass is 798 g/mol. The molecule has 330 valence electrons. The van der Waals surface area contributed by atoms with Crippen molar-refractivity contribution < 1.29 is 57.1 Å². The fourth-order valence-electron chi connectivity index (χ4n) is 4.22. The molecule has 2 heterocycles. The maximum atomic E-state index is 11.8. The highest BCUT2D eigenvalue weighted by molar-refractivity contribution is 5.80. The predicted octanol–water partition coefficient (Wildman–Crippen LogP) is 4.44. The van der Waals surface area contributed by atoms with E-state index >= 15 is 0 Å². The molecule has 0 aromatic heterocycles. The molecular formula is C40H83N3O12. The maximum absolute atomic E-state index is 11.8. The van der Waals surface area contributed by atoms with Crippen molar-refractivity contribution in [3.63, 3.8) is 0 Å². The average Bonchev–Trinajstić information content (AvgIpc) is 3.52. The minimum absolute atomic E-state index is 0.0823. The number of rotatable bonds is 30. The van der Waals surface area contributed by atoms with Crippen LogP contribution < -0.4 is 5.32 Å². The van der Waals surface area contributed by atoms with E-state index in [9.17, 15) is 14.4 Å². The average molecular weight is 798 g/mol. The Morgan fingerprint density at radius 1 is 0.691 bits per heavy atom. The van der Waals surface area contributed by atoms with Gasteiger partial charge in [-0.25, -0.2) is 5.06 Å². The van der Waals surface area contributed by atoms with Crippen LogP contribution in [-0.2, 0) is 57.1 Å². The molecule has 0 bridgehead atoms. The van der Waals surface area contributed by atoms with Crippen LogP contribution in [0.1, 0.15) is 87.5 Å². The first kappa shape index (κ1) is 57.5. The second-order valence-electron chi connectivity index (χ2n) is 12.3. The van der Waals surface area contributed by atoms with Crippen LogP contribution in [0.15, 0.2) is 0 Å². The van der Waals surface area contributed by atoms with Crippen molar-refractivity contribution >= 4 is 18.1 Å².